The number of hydrogen-bond donors (Lipinski definition) is 2. The maximum Gasteiger partial charge on any atom is 0.240 e. The lowest BCUT2D eigenvalue weighted by Crippen LogP contribution is -2.38. The summed E-state index contributed by atoms with van der Waals surface area (Å²) in [7, 11) is -3.43. The molecule has 100 valence electrons. The summed E-state index contributed by atoms with van der Waals surface area (Å²) in [6, 6.07) is 5.30. The van der Waals surface area contributed by atoms with Crippen molar-refractivity contribution < 1.29 is 13.5 Å². The largest absolute Gasteiger partial charge is 0.393 e. The maximum atomic E-state index is 12.1. The zero-order valence-corrected chi connectivity index (χ0v) is 11.5. The lowest BCUT2D eigenvalue weighted by atomic mass is 9.83. The highest BCUT2D eigenvalue weighted by atomic mass is 32.2. The number of rotatable bonds is 4. The Labute approximate surface area is 108 Å². The number of aliphatic hydroxyl groups is 1. The molecule has 0 heterocycles. The summed E-state index contributed by atoms with van der Waals surface area (Å²) in [5.41, 5.74) is 1.81. The molecule has 4 nitrogen and oxygen atoms in total. The molecule has 0 atom stereocenters. The number of benzene rings is 1. The van der Waals surface area contributed by atoms with Crippen molar-refractivity contribution in [3.63, 3.8) is 0 Å². The van der Waals surface area contributed by atoms with Crippen molar-refractivity contribution in [2.24, 2.45) is 5.92 Å². The first-order chi connectivity index (χ1) is 8.38. The normalized spacial score (nSPS) is 23.7. The van der Waals surface area contributed by atoms with E-state index in [0.29, 0.717) is 24.3 Å². The monoisotopic (exact) mass is 269 g/mol. The third-order valence-corrected chi connectivity index (χ3v) is 4.98. The van der Waals surface area contributed by atoms with Crippen LogP contribution in [0.15, 0.2) is 23.1 Å². The predicted octanol–water partition coefficient (Wildman–Crippen LogP) is 1.35. The van der Waals surface area contributed by atoms with Gasteiger partial charge in [0, 0.05) is 6.54 Å². The molecule has 0 radical (unpaired) electrons. The number of nitrogens with one attached hydrogen (secondary N) is 1. The molecule has 1 aromatic carbocycles. The Morgan fingerprint density at radius 2 is 2.00 bits per heavy atom. The third kappa shape index (κ3) is 2.91. The van der Waals surface area contributed by atoms with Gasteiger partial charge >= 0.3 is 0 Å². The van der Waals surface area contributed by atoms with E-state index in [1.54, 1.807) is 19.1 Å². The highest BCUT2D eigenvalue weighted by Crippen LogP contribution is 2.27. The van der Waals surface area contributed by atoms with Gasteiger partial charge in [0.1, 0.15) is 0 Å². The lowest BCUT2D eigenvalue weighted by Gasteiger charge is -2.31. The van der Waals surface area contributed by atoms with Crippen LogP contribution >= 0.6 is 0 Å². The van der Waals surface area contributed by atoms with Gasteiger partial charge in [0.2, 0.25) is 10.0 Å². The molecule has 2 N–H and O–H groups in total. The van der Waals surface area contributed by atoms with E-state index in [0.717, 1.165) is 11.1 Å². The van der Waals surface area contributed by atoms with Gasteiger partial charge in [-0.25, -0.2) is 13.1 Å². The van der Waals surface area contributed by atoms with E-state index in [1.807, 2.05) is 13.0 Å². The highest BCUT2D eigenvalue weighted by Gasteiger charge is 2.28. The van der Waals surface area contributed by atoms with Gasteiger partial charge in [-0.2, -0.15) is 0 Å². The van der Waals surface area contributed by atoms with E-state index >= 15 is 0 Å². The van der Waals surface area contributed by atoms with Crippen LogP contribution in [-0.4, -0.2) is 26.2 Å². The molecule has 1 aliphatic rings. The summed E-state index contributed by atoms with van der Waals surface area (Å²) >= 11 is 0. The van der Waals surface area contributed by atoms with Crippen molar-refractivity contribution in [1.29, 1.82) is 0 Å². The second-order valence-electron chi connectivity index (χ2n) is 5.11. The van der Waals surface area contributed by atoms with Gasteiger partial charge < -0.3 is 5.11 Å². The smallest absolute Gasteiger partial charge is 0.240 e. The van der Waals surface area contributed by atoms with Gasteiger partial charge in [-0.15, -0.1) is 0 Å². The zero-order valence-electron chi connectivity index (χ0n) is 10.7. The molecule has 5 heteroatoms. The molecular formula is C13H19NO3S. The number of aliphatic hydroxyl groups excluding tert-OH is 1. The van der Waals surface area contributed by atoms with Crippen LogP contribution in [0, 0.1) is 19.8 Å². The predicted molar refractivity (Wildman–Crippen MR) is 69.8 cm³/mol. The average molecular weight is 269 g/mol. The summed E-state index contributed by atoms with van der Waals surface area (Å²) < 4.78 is 26.9. The molecule has 0 bridgehead atoms. The summed E-state index contributed by atoms with van der Waals surface area (Å²) in [6.07, 6.45) is 1.13. The Balaban J connectivity index is 2.06. The summed E-state index contributed by atoms with van der Waals surface area (Å²) in [6.45, 7) is 4.15. The molecule has 2 rings (SSSR count). The molecule has 1 aliphatic carbocycles. The molecule has 0 saturated heterocycles. The minimum Gasteiger partial charge on any atom is -0.393 e. The number of aryl methyl sites for hydroxylation is 2. The topological polar surface area (TPSA) is 66.4 Å². The van der Waals surface area contributed by atoms with Gasteiger partial charge in [-0.1, -0.05) is 17.7 Å². The van der Waals surface area contributed by atoms with E-state index in [-0.39, 0.29) is 12.0 Å². The molecule has 0 aliphatic heterocycles. The average Bonchev–Trinajstić information content (AvgIpc) is 2.22. The van der Waals surface area contributed by atoms with Crippen molar-refractivity contribution in [3.8, 4) is 0 Å². The highest BCUT2D eigenvalue weighted by molar-refractivity contribution is 7.89. The fraction of sp³-hybridized carbons (Fsp3) is 0.538. The Morgan fingerprint density at radius 3 is 2.56 bits per heavy atom. The van der Waals surface area contributed by atoms with Crippen LogP contribution in [0.25, 0.3) is 0 Å². The Hall–Kier alpha value is -0.910. The summed E-state index contributed by atoms with van der Waals surface area (Å²) in [4.78, 5) is 0.341. The molecule has 1 aromatic rings. The van der Waals surface area contributed by atoms with Gasteiger partial charge in [0.25, 0.3) is 0 Å². The second-order valence-corrected chi connectivity index (χ2v) is 6.85. The van der Waals surface area contributed by atoms with Crippen LogP contribution in [-0.2, 0) is 10.0 Å². The number of hydrogen-bond acceptors (Lipinski definition) is 3. The van der Waals surface area contributed by atoms with Crippen LogP contribution in [0.5, 0.6) is 0 Å². The summed E-state index contributed by atoms with van der Waals surface area (Å²) in [5, 5.41) is 9.16. The van der Waals surface area contributed by atoms with E-state index in [9.17, 15) is 8.42 Å². The van der Waals surface area contributed by atoms with E-state index in [1.165, 1.54) is 0 Å². The first-order valence-corrected chi connectivity index (χ1v) is 7.62. The standard InChI is InChI=1S/C13H19NO3S/c1-9-3-4-13(10(2)5-9)18(16,17)14-8-11-6-12(15)7-11/h3-5,11-12,14-15H,6-8H2,1-2H3. The van der Waals surface area contributed by atoms with E-state index < -0.39 is 10.0 Å². The van der Waals surface area contributed by atoms with Crippen molar-refractivity contribution in [3.05, 3.63) is 29.3 Å². The van der Waals surface area contributed by atoms with E-state index in [4.69, 9.17) is 5.11 Å². The zero-order chi connectivity index (χ0) is 13.3. The molecule has 18 heavy (non-hydrogen) atoms. The molecular weight excluding hydrogens is 250 g/mol. The molecule has 0 spiro atoms. The van der Waals surface area contributed by atoms with Crippen LogP contribution in [0.1, 0.15) is 24.0 Å². The maximum absolute atomic E-state index is 12.1. The van der Waals surface area contributed by atoms with Crippen molar-refractivity contribution in [2.75, 3.05) is 6.54 Å². The lowest BCUT2D eigenvalue weighted by molar-refractivity contribution is 0.0453. The molecule has 0 aromatic heterocycles. The molecule has 1 fully saturated rings. The van der Waals surface area contributed by atoms with E-state index in [2.05, 4.69) is 4.72 Å². The molecule has 1 saturated carbocycles. The fourth-order valence-electron chi connectivity index (χ4n) is 2.27. The van der Waals surface area contributed by atoms with Crippen molar-refractivity contribution in [2.45, 2.75) is 37.7 Å². The van der Waals surface area contributed by atoms with Gasteiger partial charge in [0.05, 0.1) is 11.0 Å². The molecule has 0 unspecified atom stereocenters. The van der Waals surface area contributed by atoms with Gasteiger partial charge in [-0.05, 0) is 44.2 Å². The first kappa shape index (κ1) is 13.5. The Bertz CT molecular complexity index is 533. The van der Waals surface area contributed by atoms with Crippen molar-refractivity contribution in [1.82, 2.24) is 4.72 Å². The minimum atomic E-state index is -3.43. The quantitative estimate of drug-likeness (QED) is 0.867. The second kappa shape index (κ2) is 4.99. The van der Waals surface area contributed by atoms with Gasteiger partial charge in [-0.3, -0.25) is 0 Å². The van der Waals surface area contributed by atoms with Crippen LogP contribution in [0.3, 0.4) is 0 Å². The Kier molecular flexibility index (Phi) is 3.75. The first-order valence-electron chi connectivity index (χ1n) is 6.13. The Morgan fingerprint density at radius 1 is 1.33 bits per heavy atom. The van der Waals surface area contributed by atoms with Crippen LogP contribution < -0.4 is 4.72 Å². The minimum absolute atomic E-state index is 0.249. The fourth-order valence-corrected chi connectivity index (χ4v) is 3.61. The summed E-state index contributed by atoms with van der Waals surface area (Å²) in [5.74, 6) is 0.264. The van der Waals surface area contributed by atoms with Crippen LogP contribution in [0.4, 0.5) is 0 Å². The van der Waals surface area contributed by atoms with Crippen molar-refractivity contribution >= 4 is 10.0 Å². The number of sulfonamides is 1. The van der Waals surface area contributed by atoms with Gasteiger partial charge in [0.15, 0.2) is 0 Å². The third-order valence-electron chi connectivity index (χ3n) is 3.39. The SMILES string of the molecule is Cc1ccc(S(=O)(=O)NCC2CC(O)C2)c(C)c1. The van der Waals surface area contributed by atoms with Crippen LogP contribution in [0.2, 0.25) is 0 Å². The molecule has 0 amide bonds.